The van der Waals surface area contributed by atoms with E-state index in [9.17, 15) is 14.4 Å². The Morgan fingerprint density at radius 1 is 1.24 bits per heavy atom. The molecule has 0 bridgehead atoms. The number of H-pyrrole nitrogens is 1. The van der Waals surface area contributed by atoms with Gasteiger partial charge >= 0.3 is 0 Å². The predicted octanol–water partition coefficient (Wildman–Crippen LogP) is 3.37. The van der Waals surface area contributed by atoms with Gasteiger partial charge in [0.2, 0.25) is 0 Å². The van der Waals surface area contributed by atoms with Crippen LogP contribution in [0.1, 0.15) is 21.6 Å². The highest BCUT2D eigenvalue weighted by molar-refractivity contribution is 5.94. The Morgan fingerprint density at radius 3 is 2.72 bits per heavy atom. The maximum absolute atomic E-state index is 14.5. The molecule has 29 heavy (non-hydrogen) atoms. The van der Waals surface area contributed by atoms with E-state index in [-0.39, 0.29) is 28.4 Å². The molecule has 0 atom stereocenters. The highest BCUT2D eigenvalue weighted by Crippen LogP contribution is 2.32. The molecule has 0 saturated heterocycles. The first kappa shape index (κ1) is 18.3. The molecule has 0 aliphatic heterocycles. The molecule has 0 saturated carbocycles. The zero-order valence-electron chi connectivity index (χ0n) is 15.6. The zero-order valence-corrected chi connectivity index (χ0v) is 15.6. The molecule has 0 aliphatic carbocycles. The van der Waals surface area contributed by atoms with Crippen LogP contribution in [0.2, 0.25) is 0 Å². The summed E-state index contributed by atoms with van der Waals surface area (Å²) in [4.78, 5) is 20.4. The minimum absolute atomic E-state index is 0.244. The number of carbonyl (C=O) groups is 1. The number of amides is 1. The number of carbonyl (C=O) groups excluding carboxylic acids is 1. The second kappa shape index (κ2) is 7.13. The number of nitrogens with zero attached hydrogens (tertiary/aromatic N) is 4. The third kappa shape index (κ3) is 3.08. The molecule has 2 N–H and O–H groups in total. The Bertz CT molecular complexity index is 1270. The second-order valence-corrected chi connectivity index (χ2v) is 6.41. The number of nitrogens with one attached hydrogen (secondary N) is 2. The molecular weight excluding hydrogens is 371 g/mol. The summed E-state index contributed by atoms with van der Waals surface area (Å²) in [6.07, 6.45) is 1.52. The van der Waals surface area contributed by atoms with E-state index in [0.717, 1.165) is 0 Å². The second-order valence-electron chi connectivity index (χ2n) is 6.41. The Labute approximate surface area is 165 Å². The lowest BCUT2D eigenvalue weighted by atomic mass is 10.00. The van der Waals surface area contributed by atoms with E-state index in [1.54, 1.807) is 37.3 Å². The highest BCUT2D eigenvalue weighted by atomic mass is 19.1. The number of hydrogen-bond donors (Lipinski definition) is 2. The van der Waals surface area contributed by atoms with E-state index in [0.29, 0.717) is 27.9 Å². The van der Waals surface area contributed by atoms with Crippen molar-refractivity contribution in [2.45, 2.75) is 6.92 Å². The molecule has 142 valence electrons. The van der Waals surface area contributed by atoms with Crippen LogP contribution in [0.5, 0.6) is 0 Å². The lowest BCUT2D eigenvalue weighted by Gasteiger charge is -2.09. The van der Waals surface area contributed by atoms with Gasteiger partial charge < -0.3 is 5.32 Å². The van der Waals surface area contributed by atoms with Crippen LogP contribution in [0.3, 0.4) is 0 Å². The Balaban J connectivity index is 1.91. The van der Waals surface area contributed by atoms with Crippen LogP contribution in [0.4, 0.5) is 4.39 Å². The topological polar surface area (TPSA) is 107 Å². The number of fused-ring (bicyclic) bond motifs is 1. The molecule has 0 spiro atoms. The Morgan fingerprint density at radius 2 is 2.07 bits per heavy atom. The highest BCUT2D eigenvalue weighted by Gasteiger charge is 2.19. The van der Waals surface area contributed by atoms with Gasteiger partial charge in [-0.3, -0.25) is 14.9 Å². The average Bonchev–Trinajstić information content (AvgIpc) is 3.15. The van der Waals surface area contributed by atoms with Gasteiger partial charge in [-0.1, -0.05) is 12.1 Å². The van der Waals surface area contributed by atoms with Crippen LogP contribution in [-0.2, 0) is 0 Å². The summed E-state index contributed by atoms with van der Waals surface area (Å²) in [7, 11) is 1.53. The summed E-state index contributed by atoms with van der Waals surface area (Å²) in [5.74, 6) is -0.743. The summed E-state index contributed by atoms with van der Waals surface area (Å²) in [6.45, 7) is 1.77. The van der Waals surface area contributed by atoms with Gasteiger partial charge in [0.05, 0.1) is 16.8 Å². The van der Waals surface area contributed by atoms with Gasteiger partial charge in [0, 0.05) is 24.4 Å². The number of pyridine rings is 2. The molecule has 8 heteroatoms. The number of hydrogen-bond acceptors (Lipinski definition) is 5. The van der Waals surface area contributed by atoms with Gasteiger partial charge in [0.1, 0.15) is 28.8 Å². The first-order chi connectivity index (χ1) is 14.0. The minimum Gasteiger partial charge on any atom is -0.354 e. The average molecular weight is 386 g/mol. The molecule has 1 aromatic carbocycles. The first-order valence-electron chi connectivity index (χ1n) is 8.76. The van der Waals surface area contributed by atoms with Gasteiger partial charge in [-0.2, -0.15) is 10.4 Å². The predicted molar refractivity (Wildman–Crippen MR) is 105 cm³/mol. The number of nitriles is 1. The minimum atomic E-state index is -0.449. The summed E-state index contributed by atoms with van der Waals surface area (Å²) < 4.78 is 14.5. The van der Waals surface area contributed by atoms with Gasteiger partial charge in [-0.15, -0.1) is 0 Å². The third-order valence-corrected chi connectivity index (χ3v) is 4.61. The Kier molecular flexibility index (Phi) is 4.49. The van der Waals surface area contributed by atoms with Crippen molar-refractivity contribution in [2.75, 3.05) is 7.05 Å². The summed E-state index contributed by atoms with van der Waals surface area (Å²) in [5, 5.41) is 19.2. The van der Waals surface area contributed by atoms with Crippen molar-refractivity contribution in [1.29, 1.82) is 5.26 Å². The number of aromatic nitrogens is 4. The smallest absolute Gasteiger partial charge is 0.269 e. The Hall–Kier alpha value is -4.12. The van der Waals surface area contributed by atoms with Gasteiger partial charge in [0.25, 0.3) is 5.91 Å². The third-order valence-electron chi connectivity index (χ3n) is 4.61. The molecule has 3 aromatic heterocycles. The van der Waals surface area contributed by atoms with Gasteiger partial charge in [-0.25, -0.2) is 9.37 Å². The fourth-order valence-corrected chi connectivity index (χ4v) is 3.15. The molecule has 1 amide bonds. The number of halogens is 1. The van der Waals surface area contributed by atoms with Gasteiger partial charge in [-0.05, 0) is 36.8 Å². The summed E-state index contributed by atoms with van der Waals surface area (Å²) >= 11 is 0. The van der Waals surface area contributed by atoms with Crippen molar-refractivity contribution in [3.63, 3.8) is 0 Å². The zero-order chi connectivity index (χ0) is 20.5. The molecule has 7 nitrogen and oxygen atoms in total. The van der Waals surface area contributed by atoms with Gasteiger partial charge in [0.15, 0.2) is 0 Å². The first-order valence-corrected chi connectivity index (χ1v) is 8.76. The molecule has 0 unspecified atom stereocenters. The van der Waals surface area contributed by atoms with Crippen LogP contribution in [0.25, 0.3) is 33.5 Å². The number of aryl methyl sites for hydroxylation is 1. The van der Waals surface area contributed by atoms with Crippen molar-refractivity contribution in [2.24, 2.45) is 0 Å². The van der Waals surface area contributed by atoms with Crippen LogP contribution in [0.15, 0.2) is 42.6 Å². The summed E-state index contributed by atoms with van der Waals surface area (Å²) in [6, 6.07) is 11.7. The largest absolute Gasteiger partial charge is 0.354 e. The van der Waals surface area contributed by atoms with Crippen molar-refractivity contribution < 1.29 is 9.18 Å². The van der Waals surface area contributed by atoms with Crippen LogP contribution < -0.4 is 5.32 Å². The van der Waals surface area contributed by atoms with Crippen molar-refractivity contribution in [3.05, 3.63) is 65.2 Å². The SMILES string of the molecule is CNC(=O)c1ccc(-c2n[nH]c3cc(C#N)c(-c4c(C)cccc4F)nc23)cn1. The molecule has 3 heterocycles. The molecule has 0 aliphatic rings. The van der Waals surface area contributed by atoms with Crippen molar-refractivity contribution >= 4 is 16.9 Å². The van der Waals surface area contributed by atoms with Crippen LogP contribution >= 0.6 is 0 Å². The van der Waals surface area contributed by atoms with E-state index in [4.69, 9.17) is 0 Å². The number of benzene rings is 1. The molecule has 0 radical (unpaired) electrons. The molecule has 4 rings (SSSR count). The van der Waals surface area contributed by atoms with Crippen LogP contribution in [-0.4, -0.2) is 33.1 Å². The number of aromatic amines is 1. The fourth-order valence-electron chi connectivity index (χ4n) is 3.15. The maximum atomic E-state index is 14.5. The molecule has 4 aromatic rings. The quantitative estimate of drug-likeness (QED) is 0.561. The van der Waals surface area contributed by atoms with E-state index in [1.807, 2.05) is 0 Å². The summed E-state index contributed by atoms with van der Waals surface area (Å²) in [5.41, 5.74) is 3.90. The monoisotopic (exact) mass is 386 g/mol. The lowest BCUT2D eigenvalue weighted by Crippen LogP contribution is -2.18. The molecular formula is C21H15FN6O. The lowest BCUT2D eigenvalue weighted by molar-refractivity contribution is 0.0958. The normalized spacial score (nSPS) is 10.7. The molecule has 0 fully saturated rings. The van der Waals surface area contributed by atoms with E-state index in [1.165, 1.54) is 19.3 Å². The van der Waals surface area contributed by atoms with Crippen molar-refractivity contribution in [3.8, 4) is 28.6 Å². The van der Waals surface area contributed by atoms with Crippen molar-refractivity contribution in [1.82, 2.24) is 25.5 Å². The van der Waals surface area contributed by atoms with Crippen LogP contribution in [0, 0.1) is 24.1 Å². The van der Waals surface area contributed by atoms with E-state index >= 15 is 0 Å². The maximum Gasteiger partial charge on any atom is 0.269 e. The standard InChI is InChI=1S/C21H15FN6O/c1-11-4-3-5-14(22)17(11)18-13(9-23)8-16-20(26-18)19(28-27-16)12-6-7-15(25-10-12)21(29)24-2/h3-8,10H,1-2H3,(H,24,29)(H,27,28). The fraction of sp³-hybridized carbons (Fsp3) is 0.0952. The van der Waals surface area contributed by atoms with E-state index < -0.39 is 5.82 Å². The van der Waals surface area contributed by atoms with E-state index in [2.05, 4.69) is 31.6 Å². The number of rotatable bonds is 3.